The summed E-state index contributed by atoms with van der Waals surface area (Å²) in [5, 5.41) is 7.61. The van der Waals surface area contributed by atoms with E-state index in [-0.39, 0.29) is 0 Å². The number of fused-ring (bicyclic) bond motifs is 3. The molecular weight excluding hydrogens is 326 g/mol. The fourth-order valence-electron chi connectivity index (χ4n) is 3.20. The third-order valence-electron chi connectivity index (χ3n) is 4.56. The summed E-state index contributed by atoms with van der Waals surface area (Å²) in [7, 11) is 1.65. The molecule has 0 atom stereocenters. The summed E-state index contributed by atoms with van der Waals surface area (Å²) in [5.41, 5.74) is 2.45. The first-order valence-corrected chi connectivity index (χ1v) is 8.35. The van der Waals surface area contributed by atoms with Crippen molar-refractivity contribution in [2.45, 2.75) is 0 Å². The average molecular weight is 341 g/mol. The van der Waals surface area contributed by atoms with Crippen molar-refractivity contribution in [1.82, 2.24) is 5.16 Å². The van der Waals surface area contributed by atoms with Gasteiger partial charge in [0.05, 0.1) is 7.11 Å². The van der Waals surface area contributed by atoms with E-state index in [1.54, 1.807) is 7.11 Å². The van der Waals surface area contributed by atoms with Crippen molar-refractivity contribution in [2.75, 3.05) is 7.11 Å². The number of nitrogens with zero attached hydrogens (tertiary/aromatic N) is 1. The highest BCUT2D eigenvalue weighted by Gasteiger charge is 2.14. The molecule has 26 heavy (non-hydrogen) atoms. The van der Waals surface area contributed by atoms with Crippen LogP contribution in [-0.4, -0.2) is 12.3 Å². The molecule has 3 aromatic carbocycles. The number of furan rings is 1. The molecule has 2 heterocycles. The molecule has 2 aromatic heterocycles. The molecule has 0 saturated carbocycles. The number of ether oxygens (including phenoxy) is 1. The smallest absolute Gasteiger partial charge is 0.167 e. The van der Waals surface area contributed by atoms with Crippen LogP contribution in [-0.2, 0) is 0 Å². The molecule has 0 saturated heterocycles. The Hall–Kier alpha value is -3.53. The lowest BCUT2D eigenvalue weighted by Gasteiger charge is -1.99. The SMILES string of the molecule is COc1ccc(-c2cc(-c3cc4c(ccc5ccccc54)o3)no2)cc1. The fraction of sp³-hybridized carbons (Fsp3) is 0.0455. The minimum atomic E-state index is 0.677. The van der Waals surface area contributed by atoms with Gasteiger partial charge in [-0.15, -0.1) is 0 Å². The Morgan fingerprint density at radius 1 is 0.808 bits per heavy atom. The van der Waals surface area contributed by atoms with Crippen molar-refractivity contribution in [3.63, 3.8) is 0 Å². The van der Waals surface area contributed by atoms with Gasteiger partial charge in [0.25, 0.3) is 0 Å². The Kier molecular flexibility index (Phi) is 3.28. The van der Waals surface area contributed by atoms with Crippen LogP contribution in [0.15, 0.2) is 81.7 Å². The molecule has 4 heteroatoms. The van der Waals surface area contributed by atoms with Crippen molar-refractivity contribution in [1.29, 1.82) is 0 Å². The van der Waals surface area contributed by atoms with Gasteiger partial charge in [0.1, 0.15) is 17.0 Å². The second kappa shape index (κ2) is 5.77. The lowest BCUT2D eigenvalue weighted by molar-refractivity contribution is 0.414. The Balaban J connectivity index is 1.57. The molecule has 126 valence electrons. The molecule has 5 rings (SSSR count). The number of aromatic nitrogens is 1. The van der Waals surface area contributed by atoms with Gasteiger partial charge in [-0.1, -0.05) is 35.5 Å². The van der Waals surface area contributed by atoms with Gasteiger partial charge in [0, 0.05) is 17.0 Å². The van der Waals surface area contributed by atoms with Gasteiger partial charge < -0.3 is 13.7 Å². The van der Waals surface area contributed by atoms with Crippen molar-refractivity contribution >= 4 is 21.7 Å². The molecule has 0 unspecified atom stereocenters. The first kappa shape index (κ1) is 14.8. The third-order valence-corrected chi connectivity index (χ3v) is 4.56. The van der Waals surface area contributed by atoms with E-state index in [1.807, 2.05) is 54.6 Å². The summed E-state index contributed by atoms with van der Waals surface area (Å²) >= 11 is 0. The second-order valence-electron chi connectivity index (χ2n) is 6.11. The van der Waals surface area contributed by atoms with Crippen LogP contribution in [0.5, 0.6) is 5.75 Å². The Labute approximate surface area is 149 Å². The number of hydrogen-bond acceptors (Lipinski definition) is 4. The Morgan fingerprint density at radius 3 is 2.50 bits per heavy atom. The monoisotopic (exact) mass is 341 g/mol. The summed E-state index contributed by atoms with van der Waals surface area (Å²) in [6.07, 6.45) is 0. The molecule has 0 amide bonds. The first-order valence-electron chi connectivity index (χ1n) is 8.35. The van der Waals surface area contributed by atoms with Crippen LogP contribution in [0.25, 0.3) is 44.5 Å². The van der Waals surface area contributed by atoms with Gasteiger partial charge in [0.2, 0.25) is 0 Å². The number of benzene rings is 3. The van der Waals surface area contributed by atoms with E-state index in [0.29, 0.717) is 17.2 Å². The molecule has 0 N–H and O–H groups in total. The quantitative estimate of drug-likeness (QED) is 0.409. The lowest BCUT2D eigenvalue weighted by Crippen LogP contribution is -1.81. The van der Waals surface area contributed by atoms with Crippen molar-refractivity contribution < 1.29 is 13.7 Å². The average Bonchev–Trinajstić information content (AvgIpc) is 3.35. The van der Waals surface area contributed by atoms with Crippen molar-refractivity contribution in [2.24, 2.45) is 0 Å². The largest absolute Gasteiger partial charge is 0.497 e. The van der Waals surface area contributed by atoms with Gasteiger partial charge in [-0.05, 0) is 47.2 Å². The predicted octanol–water partition coefficient (Wildman–Crippen LogP) is 5.92. The minimum Gasteiger partial charge on any atom is -0.497 e. The molecule has 4 nitrogen and oxygen atoms in total. The van der Waals surface area contributed by atoms with E-state index >= 15 is 0 Å². The van der Waals surface area contributed by atoms with Gasteiger partial charge in [-0.25, -0.2) is 0 Å². The van der Waals surface area contributed by atoms with Gasteiger partial charge >= 0.3 is 0 Å². The zero-order valence-corrected chi connectivity index (χ0v) is 14.1. The maximum absolute atomic E-state index is 6.01. The molecule has 0 aliphatic carbocycles. The Bertz CT molecular complexity index is 1220. The summed E-state index contributed by atoms with van der Waals surface area (Å²) < 4.78 is 16.7. The minimum absolute atomic E-state index is 0.677. The maximum Gasteiger partial charge on any atom is 0.167 e. The molecule has 0 aliphatic rings. The fourth-order valence-corrected chi connectivity index (χ4v) is 3.20. The van der Waals surface area contributed by atoms with E-state index in [0.717, 1.165) is 22.3 Å². The highest BCUT2D eigenvalue weighted by atomic mass is 16.5. The summed E-state index contributed by atoms with van der Waals surface area (Å²) in [6, 6.07) is 23.9. The molecule has 0 fully saturated rings. The topological polar surface area (TPSA) is 48.4 Å². The third kappa shape index (κ3) is 2.35. The molecule has 0 spiro atoms. The standard InChI is InChI=1S/C22H15NO3/c1-24-16-9-6-15(7-10-16)21-13-19(23-26-21)22-12-18-17-5-3-2-4-14(17)8-11-20(18)25-22/h2-13H,1H3. The molecular formula is C22H15NO3. The van der Waals surface area contributed by atoms with Crippen LogP contribution in [0.3, 0.4) is 0 Å². The molecule has 0 radical (unpaired) electrons. The maximum atomic E-state index is 6.01. The van der Waals surface area contributed by atoms with Crippen molar-refractivity contribution in [3.8, 4) is 28.5 Å². The van der Waals surface area contributed by atoms with E-state index < -0.39 is 0 Å². The first-order chi connectivity index (χ1) is 12.8. The lowest BCUT2D eigenvalue weighted by atomic mass is 10.1. The zero-order chi connectivity index (χ0) is 17.5. The molecule has 0 bridgehead atoms. The van der Waals surface area contributed by atoms with E-state index in [2.05, 4.69) is 23.4 Å². The highest BCUT2D eigenvalue weighted by molar-refractivity contribution is 6.06. The van der Waals surface area contributed by atoms with Crippen LogP contribution >= 0.6 is 0 Å². The Morgan fingerprint density at radius 2 is 1.65 bits per heavy atom. The normalized spacial score (nSPS) is 11.3. The highest BCUT2D eigenvalue weighted by Crippen LogP contribution is 2.34. The van der Waals surface area contributed by atoms with Crippen molar-refractivity contribution in [3.05, 3.63) is 72.8 Å². The van der Waals surface area contributed by atoms with Crippen LogP contribution in [0.4, 0.5) is 0 Å². The van der Waals surface area contributed by atoms with Crippen LogP contribution in [0.1, 0.15) is 0 Å². The number of methoxy groups -OCH3 is 1. The summed E-state index contributed by atoms with van der Waals surface area (Å²) in [6.45, 7) is 0. The van der Waals surface area contributed by atoms with Crippen LogP contribution < -0.4 is 4.74 Å². The summed E-state index contributed by atoms with van der Waals surface area (Å²) in [4.78, 5) is 0. The van der Waals surface area contributed by atoms with Crippen LogP contribution in [0.2, 0.25) is 0 Å². The van der Waals surface area contributed by atoms with Gasteiger partial charge in [-0.3, -0.25) is 0 Å². The zero-order valence-electron chi connectivity index (χ0n) is 14.1. The number of hydrogen-bond donors (Lipinski definition) is 0. The summed E-state index contributed by atoms with van der Waals surface area (Å²) in [5.74, 6) is 2.19. The molecule has 0 aliphatic heterocycles. The van der Waals surface area contributed by atoms with E-state index in [9.17, 15) is 0 Å². The molecule has 5 aromatic rings. The van der Waals surface area contributed by atoms with Crippen LogP contribution in [0, 0.1) is 0 Å². The van der Waals surface area contributed by atoms with E-state index in [4.69, 9.17) is 13.7 Å². The second-order valence-corrected chi connectivity index (χ2v) is 6.11. The predicted molar refractivity (Wildman–Crippen MR) is 101 cm³/mol. The van der Waals surface area contributed by atoms with Gasteiger partial charge in [-0.2, -0.15) is 0 Å². The number of rotatable bonds is 3. The van der Waals surface area contributed by atoms with E-state index in [1.165, 1.54) is 10.8 Å². The van der Waals surface area contributed by atoms with Gasteiger partial charge in [0.15, 0.2) is 11.5 Å².